The summed E-state index contributed by atoms with van der Waals surface area (Å²) < 4.78 is 0. The molecular weight excluding hydrogens is 238 g/mol. The maximum absolute atomic E-state index is 11.1. The summed E-state index contributed by atoms with van der Waals surface area (Å²) in [5.41, 5.74) is 6.28. The predicted molar refractivity (Wildman–Crippen MR) is 65.8 cm³/mol. The van der Waals surface area contributed by atoms with Crippen LogP contribution in [-0.2, 0) is 24.2 Å². The molecule has 1 aromatic rings. The standard InChI is InChI=1S/C11H15N3O2S/c12-11(16)14-10(15)6-13-5-8-4-7-2-1-3-9(7)17-8/h4,13H,1-3,5-6H2,(H3,12,14,15,16). The van der Waals surface area contributed by atoms with Crippen molar-refractivity contribution in [3.05, 3.63) is 21.4 Å². The summed E-state index contributed by atoms with van der Waals surface area (Å²) in [6.07, 6.45) is 3.62. The van der Waals surface area contributed by atoms with Gasteiger partial charge in [0, 0.05) is 16.3 Å². The Balaban J connectivity index is 1.74. The lowest BCUT2D eigenvalue weighted by molar-refractivity contribution is -0.119. The van der Waals surface area contributed by atoms with Crippen molar-refractivity contribution in [1.82, 2.24) is 10.6 Å². The van der Waals surface area contributed by atoms with Crippen LogP contribution in [0.2, 0.25) is 0 Å². The van der Waals surface area contributed by atoms with Crippen LogP contribution < -0.4 is 16.4 Å². The number of nitrogens with one attached hydrogen (secondary N) is 2. The second kappa shape index (κ2) is 5.29. The van der Waals surface area contributed by atoms with E-state index in [1.807, 2.05) is 5.32 Å². The molecule has 0 aliphatic heterocycles. The van der Waals surface area contributed by atoms with Crippen LogP contribution in [0.25, 0.3) is 0 Å². The summed E-state index contributed by atoms with van der Waals surface area (Å²) in [5.74, 6) is -0.401. The maximum Gasteiger partial charge on any atom is 0.318 e. The van der Waals surface area contributed by atoms with Gasteiger partial charge in [-0.15, -0.1) is 11.3 Å². The first-order valence-corrected chi connectivity index (χ1v) is 6.37. The van der Waals surface area contributed by atoms with E-state index in [1.165, 1.54) is 34.6 Å². The molecular formula is C11H15N3O2S. The van der Waals surface area contributed by atoms with Gasteiger partial charge in [0.2, 0.25) is 5.91 Å². The Bertz CT molecular complexity index is 420. The molecule has 3 amide bonds. The third-order valence-electron chi connectivity index (χ3n) is 2.65. The molecule has 17 heavy (non-hydrogen) atoms. The van der Waals surface area contributed by atoms with Crippen molar-refractivity contribution in [1.29, 1.82) is 0 Å². The molecule has 0 saturated carbocycles. The third-order valence-corrected chi connectivity index (χ3v) is 3.88. The molecule has 0 atom stereocenters. The number of hydrogen-bond acceptors (Lipinski definition) is 4. The van der Waals surface area contributed by atoms with Crippen LogP contribution in [0.3, 0.4) is 0 Å². The number of nitrogens with two attached hydrogens (primary N) is 1. The third kappa shape index (κ3) is 3.28. The Morgan fingerprint density at radius 3 is 2.94 bits per heavy atom. The first-order valence-electron chi connectivity index (χ1n) is 5.55. The second-order valence-electron chi connectivity index (χ2n) is 4.03. The fraction of sp³-hybridized carbons (Fsp3) is 0.455. The van der Waals surface area contributed by atoms with Crippen LogP contribution >= 0.6 is 11.3 Å². The molecule has 2 rings (SSSR count). The Kier molecular flexibility index (Phi) is 3.75. The summed E-state index contributed by atoms with van der Waals surface area (Å²) in [6, 6.07) is 1.39. The zero-order chi connectivity index (χ0) is 12.3. The number of fused-ring (bicyclic) bond motifs is 1. The molecule has 6 heteroatoms. The van der Waals surface area contributed by atoms with E-state index in [0.29, 0.717) is 6.54 Å². The highest BCUT2D eigenvalue weighted by Gasteiger charge is 2.14. The molecule has 4 N–H and O–H groups in total. The van der Waals surface area contributed by atoms with Gasteiger partial charge in [0.1, 0.15) is 0 Å². The summed E-state index contributed by atoms with van der Waals surface area (Å²) in [5, 5.41) is 4.99. The Labute approximate surface area is 103 Å². The van der Waals surface area contributed by atoms with Gasteiger partial charge in [-0.3, -0.25) is 10.1 Å². The molecule has 0 unspecified atom stereocenters. The summed E-state index contributed by atoms with van der Waals surface area (Å²) in [7, 11) is 0. The topological polar surface area (TPSA) is 84.2 Å². The van der Waals surface area contributed by atoms with Gasteiger partial charge < -0.3 is 11.1 Å². The van der Waals surface area contributed by atoms with Crippen LogP contribution in [-0.4, -0.2) is 18.5 Å². The molecule has 0 aromatic carbocycles. The van der Waals surface area contributed by atoms with Crippen molar-refractivity contribution in [3.8, 4) is 0 Å². The Morgan fingerprint density at radius 1 is 1.41 bits per heavy atom. The lowest BCUT2D eigenvalue weighted by Crippen LogP contribution is -2.40. The van der Waals surface area contributed by atoms with E-state index < -0.39 is 11.9 Å². The SMILES string of the molecule is NC(=O)NC(=O)CNCc1cc2c(s1)CCC2. The average Bonchev–Trinajstić information content (AvgIpc) is 2.76. The molecule has 0 fully saturated rings. The summed E-state index contributed by atoms with van der Waals surface area (Å²) >= 11 is 1.80. The monoisotopic (exact) mass is 253 g/mol. The van der Waals surface area contributed by atoms with Crippen LogP contribution in [0.15, 0.2) is 6.07 Å². The molecule has 0 bridgehead atoms. The number of primary amides is 1. The average molecular weight is 253 g/mol. The normalized spacial score (nSPS) is 13.4. The summed E-state index contributed by atoms with van der Waals surface area (Å²) in [4.78, 5) is 24.2. The zero-order valence-corrected chi connectivity index (χ0v) is 10.2. The smallest absolute Gasteiger partial charge is 0.318 e. The van der Waals surface area contributed by atoms with E-state index in [1.54, 1.807) is 11.3 Å². The van der Waals surface area contributed by atoms with Crippen LogP contribution in [0.4, 0.5) is 4.79 Å². The largest absolute Gasteiger partial charge is 0.351 e. The Morgan fingerprint density at radius 2 is 2.24 bits per heavy atom. The lowest BCUT2D eigenvalue weighted by Gasteiger charge is -2.02. The maximum atomic E-state index is 11.1. The minimum atomic E-state index is -0.813. The van der Waals surface area contributed by atoms with E-state index in [9.17, 15) is 9.59 Å². The number of carbonyl (C=O) groups excluding carboxylic acids is 2. The highest BCUT2D eigenvalue weighted by molar-refractivity contribution is 7.12. The first kappa shape index (κ1) is 12.1. The molecule has 5 nitrogen and oxygen atoms in total. The lowest BCUT2D eigenvalue weighted by atomic mass is 10.2. The number of urea groups is 1. The number of carbonyl (C=O) groups is 2. The Hall–Kier alpha value is -1.40. The van der Waals surface area contributed by atoms with Gasteiger partial charge in [0.15, 0.2) is 0 Å². The number of amides is 3. The van der Waals surface area contributed by atoms with Crippen LogP contribution in [0, 0.1) is 0 Å². The van der Waals surface area contributed by atoms with E-state index >= 15 is 0 Å². The number of rotatable bonds is 4. The first-order chi connectivity index (χ1) is 8.15. The van der Waals surface area contributed by atoms with E-state index in [0.717, 1.165) is 0 Å². The van der Waals surface area contributed by atoms with Crippen LogP contribution in [0.1, 0.15) is 21.7 Å². The van der Waals surface area contributed by atoms with Crippen molar-refractivity contribution in [3.63, 3.8) is 0 Å². The second-order valence-corrected chi connectivity index (χ2v) is 5.25. The van der Waals surface area contributed by atoms with Crippen molar-refractivity contribution in [2.45, 2.75) is 25.8 Å². The van der Waals surface area contributed by atoms with Gasteiger partial charge in [-0.25, -0.2) is 4.79 Å². The van der Waals surface area contributed by atoms with Gasteiger partial charge in [-0.05, 0) is 30.9 Å². The van der Waals surface area contributed by atoms with Gasteiger partial charge in [-0.1, -0.05) is 0 Å². The van der Waals surface area contributed by atoms with Crippen LogP contribution in [0.5, 0.6) is 0 Å². The summed E-state index contributed by atoms with van der Waals surface area (Å²) in [6.45, 7) is 0.759. The van der Waals surface area contributed by atoms with Gasteiger partial charge in [0.05, 0.1) is 6.54 Å². The van der Waals surface area contributed by atoms with Gasteiger partial charge >= 0.3 is 6.03 Å². The molecule has 1 aliphatic rings. The van der Waals surface area contributed by atoms with Crippen molar-refractivity contribution in [2.24, 2.45) is 5.73 Å². The number of imide groups is 1. The number of aryl methyl sites for hydroxylation is 2. The quantitative estimate of drug-likeness (QED) is 0.731. The van der Waals surface area contributed by atoms with Gasteiger partial charge in [-0.2, -0.15) is 0 Å². The van der Waals surface area contributed by atoms with E-state index in [-0.39, 0.29) is 6.54 Å². The number of hydrogen-bond donors (Lipinski definition) is 3. The fourth-order valence-corrected chi connectivity index (χ4v) is 3.19. The molecule has 1 aromatic heterocycles. The molecule has 1 heterocycles. The molecule has 0 spiro atoms. The van der Waals surface area contributed by atoms with Crippen molar-refractivity contribution >= 4 is 23.3 Å². The van der Waals surface area contributed by atoms with Crippen molar-refractivity contribution in [2.75, 3.05) is 6.54 Å². The van der Waals surface area contributed by atoms with Crippen molar-refractivity contribution < 1.29 is 9.59 Å². The van der Waals surface area contributed by atoms with Gasteiger partial charge in [0.25, 0.3) is 0 Å². The molecule has 92 valence electrons. The zero-order valence-electron chi connectivity index (χ0n) is 9.41. The minimum Gasteiger partial charge on any atom is -0.351 e. The fourth-order valence-electron chi connectivity index (χ4n) is 1.96. The minimum absolute atomic E-state index is 0.103. The number of thiophene rings is 1. The molecule has 1 aliphatic carbocycles. The molecule has 0 saturated heterocycles. The van der Waals surface area contributed by atoms with E-state index in [4.69, 9.17) is 5.73 Å². The highest BCUT2D eigenvalue weighted by Crippen LogP contribution is 2.30. The van der Waals surface area contributed by atoms with E-state index in [2.05, 4.69) is 11.4 Å². The highest BCUT2D eigenvalue weighted by atomic mass is 32.1. The molecule has 0 radical (unpaired) electrons. The predicted octanol–water partition coefficient (Wildman–Crippen LogP) is 0.521.